The van der Waals surface area contributed by atoms with E-state index in [1.807, 2.05) is 0 Å². The number of unbranched alkanes of at least 4 members (excludes halogenated alkanes) is 1. The topological polar surface area (TPSA) is 49.3 Å². The summed E-state index contributed by atoms with van der Waals surface area (Å²) in [6, 6.07) is -0.417. The summed E-state index contributed by atoms with van der Waals surface area (Å²) in [6.07, 6.45) is 2.69. The van der Waals surface area contributed by atoms with Crippen molar-refractivity contribution in [1.82, 2.24) is 5.32 Å². The fourth-order valence-corrected chi connectivity index (χ4v) is 2.38. The van der Waals surface area contributed by atoms with Crippen molar-refractivity contribution in [3.05, 3.63) is 21.9 Å². The number of aliphatic carboxylic acids is 1. The second-order valence-electron chi connectivity index (χ2n) is 3.99. The van der Waals surface area contributed by atoms with Gasteiger partial charge in [0, 0.05) is 6.54 Å². The van der Waals surface area contributed by atoms with Crippen molar-refractivity contribution < 1.29 is 9.90 Å². The van der Waals surface area contributed by atoms with Crippen molar-refractivity contribution >= 4 is 17.3 Å². The zero-order chi connectivity index (χ0) is 12.0. The summed E-state index contributed by atoms with van der Waals surface area (Å²) < 4.78 is 0. The predicted octanol–water partition coefficient (Wildman–Crippen LogP) is 2.79. The van der Waals surface area contributed by atoms with E-state index in [0.29, 0.717) is 13.0 Å². The molecule has 0 fully saturated rings. The summed E-state index contributed by atoms with van der Waals surface area (Å²) in [5.41, 5.74) is 2.44. The van der Waals surface area contributed by atoms with Gasteiger partial charge in [0.15, 0.2) is 0 Å². The molecule has 1 atom stereocenters. The van der Waals surface area contributed by atoms with Crippen LogP contribution in [0.3, 0.4) is 0 Å². The number of nitrogens with one attached hydrogen (secondary N) is 1. The molecule has 0 aromatic carbocycles. The molecule has 0 amide bonds. The lowest BCUT2D eigenvalue weighted by Gasteiger charge is -2.13. The average Bonchev–Trinajstić information content (AvgIpc) is 2.64. The summed E-state index contributed by atoms with van der Waals surface area (Å²) in [5, 5.41) is 16.3. The van der Waals surface area contributed by atoms with Crippen LogP contribution in [0.1, 0.15) is 37.3 Å². The van der Waals surface area contributed by atoms with Crippen molar-refractivity contribution in [2.24, 2.45) is 0 Å². The molecular formula is C12H19NO2S. The molecule has 90 valence electrons. The molecule has 3 nitrogen and oxygen atoms in total. The van der Waals surface area contributed by atoms with E-state index in [1.54, 1.807) is 11.3 Å². The Hall–Kier alpha value is -0.870. The predicted molar refractivity (Wildman–Crippen MR) is 66.8 cm³/mol. The maximum absolute atomic E-state index is 11.0. The molecule has 0 saturated heterocycles. The van der Waals surface area contributed by atoms with Crippen LogP contribution in [0.25, 0.3) is 0 Å². The van der Waals surface area contributed by atoms with Crippen molar-refractivity contribution in [2.75, 3.05) is 0 Å². The number of rotatable bonds is 7. The van der Waals surface area contributed by atoms with Crippen LogP contribution >= 0.6 is 11.3 Å². The van der Waals surface area contributed by atoms with Crippen molar-refractivity contribution in [2.45, 2.75) is 45.7 Å². The number of hydrogen-bond acceptors (Lipinski definition) is 3. The fraction of sp³-hybridized carbons (Fsp3) is 0.583. The summed E-state index contributed by atoms with van der Waals surface area (Å²) in [4.78, 5) is 11.0. The van der Waals surface area contributed by atoms with Crippen LogP contribution in [0.5, 0.6) is 0 Å². The van der Waals surface area contributed by atoms with E-state index in [4.69, 9.17) is 5.11 Å². The van der Waals surface area contributed by atoms with Crippen molar-refractivity contribution in [3.63, 3.8) is 0 Å². The zero-order valence-electron chi connectivity index (χ0n) is 9.82. The molecule has 1 aromatic rings. The highest BCUT2D eigenvalue weighted by atomic mass is 32.1. The highest BCUT2D eigenvalue weighted by Crippen LogP contribution is 2.13. The van der Waals surface area contributed by atoms with E-state index < -0.39 is 12.0 Å². The van der Waals surface area contributed by atoms with Crippen LogP contribution in [0.2, 0.25) is 0 Å². The third-order valence-electron chi connectivity index (χ3n) is 2.64. The molecule has 0 aliphatic carbocycles. The van der Waals surface area contributed by atoms with Gasteiger partial charge in [0.1, 0.15) is 6.04 Å². The lowest BCUT2D eigenvalue weighted by atomic mass is 10.1. The fourth-order valence-electron chi connectivity index (χ4n) is 1.52. The van der Waals surface area contributed by atoms with Crippen LogP contribution < -0.4 is 5.32 Å². The number of carbonyl (C=O) groups is 1. The third kappa shape index (κ3) is 3.94. The minimum absolute atomic E-state index is 0.417. The Labute approximate surface area is 100 Å². The third-order valence-corrected chi connectivity index (χ3v) is 3.56. The quantitative estimate of drug-likeness (QED) is 0.771. The van der Waals surface area contributed by atoms with E-state index in [9.17, 15) is 4.79 Å². The molecule has 1 unspecified atom stereocenters. The van der Waals surface area contributed by atoms with Gasteiger partial charge in [0.2, 0.25) is 0 Å². The molecule has 0 bridgehead atoms. The Morgan fingerprint density at radius 2 is 2.31 bits per heavy atom. The molecule has 1 rings (SSSR count). The van der Waals surface area contributed by atoms with E-state index in [2.05, 4.69) is 29.9 Å². The van der Waals surface area contributed by atoms with Crippen LogP contribution in [-0.4, -0.2) is 17.1 Å². The molecule has 1 heterocycles. The standard InChI is InChI=1S/C12H19NO2S/c1-3-4-5-11(12(14)15)13-6-10-8-16-7-9(10)2/h7-8,11,13H,3-6H2,1-2H3,(H,14,15). The first-order chi connectivity index (χ1) is 7.65. The van der Waals surface area contributed by atoms with E-state index in [0.717, 1.165) is 12.8 Å². The lowest BCUT2D eigenvalue weighted by molar-refractivity contribution is -0.139. The maximum Gasteiger partial charge on any atom is 0.320 e. The molecule has 0 radical (unpaired) electrons. The summed E-state index contributed by atoms with van der Waals surface area (Å²) >= 11 is 1.66. The molecule has 4 heteroatoms. The van der Waals surface area contributed by atoms with E-state index >= 15 is 0 Å². The van der Waals surface area contributed by atoms with Gasteiger partial charge < -0.3 is 10.4 Å². The zero-order valence-corrected chi connectivity index (χ0v) is 10.6. The van der Waals surface area contributed by atoms with Gasteiger partial charge in [-0.05, 0) is 35.2 Å². The largest absolute Gasteiger partial charge is 0.480 e. The molecule has 0 spiro atoms. The Bertz CT molecular complexity index is 336. The van der Waals surface area contributed by atoms with Crippen LogP contribution in [0, 0.1) is 6.92 Å². The Kier molecular flexibility index (Phi) is 5.49. The smallest absolute Gasteiger partial charge is 0.320 e. The van der Waals surface area contributed by atoms with Crippen LogP contribution in [0.15, 0.2) is 10.8 Å². The highest BCUT2D eigenvalue weighted by molar-refractivity contribution is 7.08. The minimum Gasteiger partial charge on any atom is -0.480 e. The first-order valence-corrected chi connectivity index (χ1v) is 6.57. The van der Waals surface area contributed by atoms with Gasteiger partial charge >= 0.3 is 5.97 Å². The van der Waals surface area contributed by atoms with Crippen molar-refractivity contribution in [1.29, 1.82) is 0 Å². The van der Waals surface area contributed by atoms with Gasteiger partial charge in [-0.3, -0.25) is 4.79 Å². The molecule has 0 saturated carbocycles. The number of hydrogen-bond donors (Lipinski definition) is 2. The second-order valence-corrected chi connectivity index (χ2v) is 4.74. The van der Waals surface area contributed by atoms with Gasteiger partial charge in [-0.1, -0.05) is 19.8 Å². The molecule has 2 N–H and O–H groups in total. The highest BCUT2D eigenvalue weighted by Gasteiger charge is 2.15. The Morgan fingerprint density at radius 3 is 2.81 bits per heavy atom. The lowest BCUT2D eigenvalue weighted by Crippen LogP contribution is -2.36. The Balaban J connectivity index is 2.44. The summed E-state index contributed by atoms with van der Waals surface area (Å²) in [6.45, 7) is 4.77. The van der Waals surface area contributed by atoms with Gasteiger partial charge in [-0.15, -0.1) is 0 Å². The van der Waals surface area contributed by atoms with Gasteiger partial charge in [-0.2, -0.15) is 11.3 Å². The molecular weight excluding hydrogens is 222 g/mol. The van der Waals surface area contributed by atoms with E-state index in [1.165, 1.54) is 11.1 Å². The molecule has 0 aliphatic heterocycles. The summed E-state index contributed by atoms with van der Waals surface area (Å²) in [5.74, 6) is -0.749. The maximum atomic E-state index is 11.0. The monoisotopic (exact) mass is 241 g/mol. The summed E-state index contributed by atoms with van der Waals surface area (Å²) in [7, 11) is 0. The minimum atomic E-state index is -0.749. The van der Waals surface area contributed by atoms with Gasteiger partial charge in [-0.25, -0.2) is 0 Å². The number of carboxylic acids is 1. The average molecular weight is 241 g/mol. The van der Waals surface area contributed by atoms with E-state index in [-0.39, 0.29) is 0 Å². The number of carboxylic acid groups (broad SMARTS) is 1. The SMILES string of the molecule is CCCCC(NCc1cscc1C)C(=O)O. The van der Waals surface area contributed by atoms with Gasteiger partial charge in [0.25, 0.3) is 0 Å². The Morgan fingerprint density at radius 1 is 1.56 bits per heavy atom. The number of aryl methyl sites for hydroxylation is 1. The number of thiophene rings is 1. The van der Waals surface area contributed by atoms with Crippen molar-refractivity contribution in [3.8, 4) is 0 Å². The first kappa shape index (κ1) is 13.2. The first-order valence-electron chi connectivity index (χ1n) is 5.63. The molecule has 1 aromatic heterocycles. The normalized spacial score (nSPS) is 12.6. The second kappa shape index (κ2) is 6.66. The molecule has 16 heavy (non-hydrogen) atoms. The van der Waals surface area contributed by atoms with Gasteiger partial charge in [0.05, 0.1) is 0 Å². The van der Waals surface area contributed by atoms with Crippen LogP contribution in [-0.2, 0) is 11.3 Å². The van der Waals surface area contributed by atoms with Crippen LogP contribution in [0.4, 0.5) is 0 Å². The molecule has 0 aliphatic rings.